The van der Waals surface area contributed by atoms with Crippen molar-refractivity contribution < 1.29 is 9.18 Å². The normalized spacial score (nSPS) is 24.0. The van der Waals surface area contributed by atoms with Crippen molar-refractivity contribution in [1.82, 2.24) is 14.8 Å². The molecule has 154 valence electrons. The highest BCUT2D eigenvalue weighted by Crippen LogP contribution is 2.42. The molecule has 0 saturated carbocycles. The van der Waals surface area contributed by atoms with Gasteiger partial charge in [-0.05, 0) is 47.7 Å². The summed E-state index contributed by atoms with van der Waals surface area (Å²) in [5.74, 6) is 0.450. The van der Waals surface area contributed by atoms with Gasteiger partial charge in [0.25, 0.3) is 5.91 Å². The van der Waals surface area contributed by atoms with E-state index in [1.54, 1.807) is 0 Å². The van der Waals surface area contributed by atoms with Crippen molar-refractivity contribution in [2.45, 2.75) is 24.9 Å². The first-order valence-electron chi connectivity index (χ1n) is 10.4. The van der Waals surface area contributed by atoms with Crippen LogP contribution in [0, 0.1) is 11.7 Å². The van der Waals surface area contributed by atoms with E-state index < -0.39 is 0 Å². The number of pyridine rings is 1. The van der Waals surface area contributed by atoms with Crippen LogP contribution in [0.5, 0.6) is 0 Å². The number of carbonyl (C=O) groups is 1. The van der Waals surface area contributed by atoms with Gasteiger partial charge in [0.1, 0.15) is 5.82 Å². The van der Waals surface area contributed by atoms with Crippen LogP contribution >= 0.6 is 11.3 Å². The van der Waals surface area contributed by atoms with Crippen molar-refractivity contribution in [1.29, 1.82) is 0 Å². The number of hydrogen-bond donors (Lipinski definition) is 0. The Labute approximate surface area is 180 Å². The molecule has 0 spiro atoms. The zero-order valence-corrected chi connectivity index (χ0v) is 17.5. The maximum Gasteiger partial charge on any atom is 0.264 e. The predicted octanol–water partition coefficient (Wildman–Crippen LogP) is 4.41. The quantitative estimate of drug-likeness (QED) is 0.626. The number of benzene rings is 1. The van der Waals surface area contributed by atoms with Crippen molar-refractivity contribution in [2.24, 2.45) is 5.92 Å². The van der Waals surface area contributed by atoms with Gasteiger partial charge in [-0.1, -0.05) is 24.3 Å². The van der Waals surface area contributed by atoms with Crippen LogP contribution in [0.2, 0.25) is 0 Å². The third-order valence-corrected chi connectivity index (χ3v) is 7.28. The van der Waals surface area contributed by atoms with Gasteiger partial charge < -0.3 is 4.90 Å². The van der Waals surface area contributed by atoms with Crippen molar-refractivity contribution in [3.63, 3.8) is 0 Å². The number of amides is 1. The van der Waals surface area contributed by atoms with E-state index in [2.05, 4.69) is 20.9 Å². The lowest BCUT2D eigenvalue weighted by molar-refractivity contribution is 0.0617. The van der Waals surface area contributed by atoms with Crippen LogP contribution in [-0.2, 0) is 6.54 Å². The molecule has 3 aromatic rings. The third-order valence-electron chi connectivity index (χ3n) is 6.42. The van der Waals surface area contributed by atoms with E-state index >= 15 is 0 Å². The first kappa shape index (κ1) is 19.4. The highest BCUT2D eigenvalue weighted by atomic mass is 32.1. The summed E-state index contributed by atoms with van der Waals surface area (Å²) in [7, 11) is 0. The average molecular weight is 422 g/mol. The lowest BCUT2D eigenvalue weighted by atomic mass is 9.81. The van der Waals surface area contributed by atoms with E-state index in [9.17, 15) is 9.18 Å². The van der Waals surface area contributed by atoms with Gasteiger partial charge in [0, 0.05) is 50.3 Å². The number of fused-ring (bicyclic) bond motifs is 1. The van der Waals surface area contributed by atoms with Gasteiger partial charge in [0.2, 0.25) is 0 Å². The first-order chi connectivity index (χ1) is 14.7. The summed E-state index contributed by atoms with van der Waals surface area (Å²) in [4.78, 5) is 23.0. The van der Waals surface area contributed by atoms with Crippen molar-refractivity contribution in [3.05, 3.63) is 88.1 Å². The first-order valence-corrected chi connectivity index (χ1v) is 11.3. The zero-order valence-electron chi connectivity index (χ0n) is 16.7. The Morgan fingerprint density at radius 1 is 1.10 bits per heavy atom. The number of halogens is 1. The molecule has 0 N–H and O–H groups in total. The maximum atomic E-state index is 13.5. The molecule has 2 aromatic heterocycles. The van der Waals surface area contributed by atoms with Gasteiger partial charge in [-0.2, -0.15) is 0 Å². The van der Waals surface area contributed by atoms with E-state index in [1.807, 2.05) is 48.0 Å². The number of rotatable bonds is 4. The molecule has 4 heterocycles. The second kappa shape index (κ2) is 8.28. The third kappa shape index (κ3) is 3.77. The molecule has 5 rings (SSSR count). The van der Waals surface area contributed by atoms with E-state index in [4.69, 9.17) is 0 Å². The van der Waals surface area contributed by atoms with Crippen molar-refractivity contribution >= 4 is 17.2 Å². The molecule has 30 heavy (non-hydrogen) atoms. The van der Waals surface area contributed by atoms with Crippen LogP contribution in [0.25, 0.3) is 0 Å². The molecular weight excluding hydrogens is 397 g/mol. The Bertz CT molecular complexity index is 993. The summed E-state index contributed by atoms with van der Waals surface area (Å²) in [6.45, 7) is 3.37. The lowest BCUT2D eigenvalue weighted by Gasteiger charge is -2.38. The van der Waals surface area contributed by atoms with E-state index in [-0.39, 0.29) is 23.7 Å². The van der Waals surface area contributed by atoms with Crippen LogP contribution in [0.1, 0.15) is 33.3 Å². The summed E-state index contributed by atoms with van der Waals surface area (Å²) >= 11 is 1.50. The van der Waals surface area contributed by atoms with Gasteiger partial charge >= 0.3 is 0 Å². The monoisotopic (exact) mass is 421 g/mol. The van der Waals surface area contributed by atoms with Crippen LogP contribution in [0.3, 0.4) is 0 Å². The van der Waals surface area contributed by atoms with Gasteiger partial charge in [-0.3, -0.25) is 14.7 Å². The summed E-state index contributed by atoms with van der Waals surface area (Å²) in [5, 5.41) is 1.95. The number of piperidine rings is 1. The molecule has 4 nitrogen and oxygen atoms in total. The topological polar surface area (TPSA) is 36.4 Å². The number of carbonyl (C=O) groups excluding carboxylic acids is 1. The van der Waals surface area contributed by atoms with E-state index in [0.717, 1.165) is 42.2 Å². The average Bonchev–Trinajstić information content (AvgIpc) is 3.43. The highest BCUT2D eigenvalue weighted by Gasteiger charge is 2.47. The summed E-state index contributed by atoms with van der Waals surface area (Å²) in [5.41, 5.74) is 2.19. The molecule has 6 heteroatoms. The Morgan fingerprint density at radius 3 is 2.70 bits per heavy atom. The fraction of sp³-hybridized carbons (Fsp3) is 0.333. The Morgan fingerprint density at radius 2 is 1.97 bits per heavy atom. The molecular formula is C24H24FN3OS. The van der Waals surface area contributed by atoms with Crippen molar-refractivity contribution in [2.75, 3.05) is 19.6 Å². The molecule has 2 saturated heterocycles. The largest absolute Gasteiger partial charge is 0.334 e. The van der Waals surface area contributed by atoms with E-state index in [1.165, 1.54) is 23.5 Å². The van der Waals surface area contributed by atoms with Crippen molar-refractivity contribution in [3.8, 4) is 0 Å². The van der Waals surface area contributed by atoms with Gasteiger partial charge in [-0.25, -0.2) is 4.39 Å². The highest BCUT2D eigenvalue weighted by molar-refractivity contribution is 7.12. The number of likely N-dealkylation sites (tertiary alicyclic amines) is 2. The fourth-order valence-corrected chi connectivity index (χ4v) is 5.69. The minimum atomic E-state index is -0.222. The molecule has 0 radical (unpaired) electrons. The Hall–Kier alpha value is -2.57. The molecule has 1 aromatic carbocycles. The van der Waals surface area contributed by atoms with Crippen LogP contribution in [0.15, 0.2) is 66.2 Å². The Balaban J connectivity index is 1.41. The predicted molar refractivity (Wildman–Crippen MR) is 116 cm³/mol. The van der Waals surface area contributed by atoms with E-state index in [0.29, 0.717) is 12.5 Å². The minimum absolute atomic E-state index is 0.128. The second-order valence-corrected chi connectivity index (χ2v) is 9.12. The molecule has 2 aliphatic rings. The van der Waals surface area contributed by atoms with Crippen LogP contribution < -0.4 is 0 Å². The molecule has 2 fully saturated rings. The molecule has 3 atom stereocenters. The number of aromatic nitrogens is 1. The fourth-order valence-electron chi connectivity index (χ4n) is 5.01. The lowest BCUT2D eigenvalue weighted by Crippen LogP contribution is -2.47. The SMILES string of the molecule is O=C(c1cccs1)N1C[C@H](c2ccc(F)cc2)[C@H]2CN(Cc3ccccn3)CC[C@H]21. The molecule has 2 aliphatic heterocycles. The van der Waals surface area contributed by atoms with Crippen LogP contribution in [0.4, 0.5) is 4.39 Å². The molecule has 0 aliphatic carbocycles. The number of nitrogens with zero attached hydrogens (tertiary/aromatic N) is 3. The minimum Gasteiger partial charge on any atom is -0.334 e. The summed E-state index contributed by atoms with van der Waals surface area (Å²) in [6.07, 6.45) is 2.78. The van der Waals surface area contributed by atoms with Crippen LogP contribution in [-0.4, -0.2) is 46.4 Å². The number of thiophene rings is 1. The van der Waals surface area contributed by atoms with Gasteiger partial charge in [0.15, 0.2) is 0 Å². The maximum absolute atomic E-state index is 13.5. The molecule has 0 bridgehead atoms. The van der Waals surface area contributed by atoms with Gasteiger partial charge in [-0.15, -0.1) is 11.3 Å². The smallest absolute Gasteiger partial charge is 0.264 e. The zero-order chi connectivity index (χ0) is 20.5. The van der Waals surface area contributed by atoms with Gasteiger partial charge in [0.05, 0.1) is 10.6 Å². The summed E-state index contributed by atoms with van der Waals surface area (Å²) < 4.78 is 13.5. The Kier molecular flexibility index (Phi) is 5.35. The number of hydrogen-bond acceptors (Lipinski definition) is 4. The molecule has 0 unspecified atom stereocenters. The standard InChI is InChI=1S/C24H24FN3OS/c25-18-8-6-17(7-9-18)20-16-28(24(29)23-5-3-13-30-23)22-10-12-27(15-21(20)22)14-19-4-1-2-11-26-19/h1-9,11,13,20-22H,10,12,14-16H2/t20-,21-,22-/m1/s1. The summed E-state index contributed by atoms with van der Waals surface area (Å²) in [6, 6.07) is 16.9. The molecule has 1 amide bonds. The second-order valence-electron chi connectivity index (χ2n) is 8.17.